The molecule has 0 unspecified atom stereocenters. The number of hydrogen-bond acceptors (Lipinski definition) is 9. The second-order valence-corrected chi connectivity index (χ2v) is 12.2. The van der Waals surface area contributed by atoms with Crippen molar-refractivity contribution in [2.75, 3.05) is 13.7 Å². The van der Waals surface area contributed by atoms with E-state index in [1.165, 1.54) is 6.92 Å². The Bertz CT molecular complexity index is 1770. The Morgan fingerprint density at radius 3 is 1.66 bits per heavy atom. The summed E-state index contributed by atoms with van der Waals surface area (Å²) >= 11 is 0. The van der Waals surface area contributed by atoms with Gasteiger partial charge in [-0.2, -0.15) is 0 Å². The second kappa shape index (κ2) is 20.6. The predicted octanol–water partition coefficient (Wildman–Crippen LogP) is 2.99. The molecule has 0 aliphatic carbocycles. The first-order chi connectivity index (χ1) is 25.6. The number of esters is 1. The van der Waals surface area contributed by atoms with E-state index < -0.39 is 60.6 Å². The summed E-state index contributed by atoms with van der Waals surface area (Å²) in [6, 6.07) is 30.7. The Morgan fingerprint density at radius 1 is 0.623 bits per heavy atom. The molecule has 13 heteroatoms. The highest BCUT2D eigenvalue weighted by molar-refractivity contribution is 5.94. The maximum atomic E-state index is 13.9. The van der Waals surface area contributed by atoms with Crippen molar-refractivity contribution in [1.29, 1.82) is 0 Å². The van der Waals surface area contributed by atoms with Crippen LogP contribution in [0.5, 0.6) is 5.75 Å². The number of ether oxygens (including phenoxy) is 3. The molecule has 4 amide bonds. The molecule has 0 saturated carbocycles. The van der Waals surface area contributed by atoms with Crippen LogP contribution in [-0.4, -0.2) is 72.8 Å². The minimum atomic E-state index is -1.41. The number of nitrogens with one attached hydrogen (secondary N) is 4. The number of hydrogen-bond donors (Lipinski definition) is 5. The van der Waals surface area contributed by atoms with E-state index in [0.717, 1.165) is 23.8 Å². The Balaban J connectivity index is 1.47. The van der Waals surface area contributed by atoms with Crippen LogP contribution in [0.3, 0.4) is 0 Å². The number of rotatable bonds is 18. The fourth-order valence-corrected chi connectivity index (χ4v) is 5.17. The number of carbonyl (C=O) groups excluding carboxylic acids is 5. The molecule has 0 spiro atoms. The molecule has 0 aliphatic rings. The molecular formula is C40H44N4O9. The average Bonchev–Trinajstić information content (AvgIpc) is 3.18. The van der Waals surface area contributed by atoms with Crippen molar-refractivity contribution in [2.45, 2.75) is 57.2 Å². The topological polar surface area (TPSA) is 181 Å². The van der Waals surface area contributed by atoms with E-state index in [9.17, 15) is 29.1 Å². The van der Waals surface area contributed by atoms with E-state index in [1.54, 1.807) is 78.9 Å². The van der Waals surface area contributed by atoms with Gasteiger partial charge in [-0.3, -0.25) is 14.4 Å². The number of aliphatic hydroxyl groups is 1. The molecule has 4 rings (SSSR count). The monoisotopic (exact) mass is 724 g/mol. The van der Waals surface area contributed by atoms with E-state index >= 15 is 0 Å². The smallest absolute Gasteiger partial charge is 0.407 e. The van der Waals surface area contributed by atoms with E-state index in [4.69, 9.17) is 14.2 Å². The molecule has 4 aromatic rings. The summed E-state index contributed by atoms with van der Waals surface area (Å²) in [7, 11) is 1.12. The summed E-state index contributed by atoms with van der Waals surface area (Å²) in [6.07, 6.45) is -2.09. The van der Waals surface area contributed by atoms with Crippen LogP contribution in [-0.2, 0) is 54.7 Å². The van der Waals surface area contributed by atoms with Crippen molar-refractivity contribution in [3.05, 3.63) is 138 Å². The lowest BCUT2D eigenvalue weighted by atomic mass is 10.0. The number of benzene rings is 4. The van der Waals surface area contributed by atoms with Gasteiger partial charge in [-0.1, -0.05) is 103 Å². The van der Waals surface area contributed by atoms with Gasteiger partial charge < -0.3 is 40.6 Å². The highest BCUT2D eigenvalue weighted by Crippen LogP contribution is 2.16. The van der Waals surface area contributed by atoms with Gasteiger partial charge in [0.25, 0.3) is 0 Å². The third-order valence-corrected chi connectivity index (χ3v) is 8.02. The van der Waals surface area contributed by atoms with Gasteiger partial charge in [0.15, 0.2) is 6.04 Å². The molecular weight excluding hydrogens is 680 g/mol. The third kappa shape index (κ3) is 13.5. The average molecular weight is 725 g/mol. The van der Waals surface area contributed by atoms with E-state index in [2.05, 4.69) is 21.3 Å². The molecule has 0 bridgehead atoms. The number of alkyl carbamates (subject to hydrolysis) is 1. The predicted molar refractivity (Wildman–Crippen MR) is 195 cm³/mol. The normalized spacial score (nSPS) is 12.9. The van der Waals surface area contributed by atoms with Crippen molar-refractivity contribution in [2.24, 2.45) is 0 Å². The van der Waals surface area contributed by atoms with Crippen LogP contribution in [0.2, 0.25) is 0 Å². The summed E-state index contributed by atoms with van der Waals surface area (Å²) in [4.78, 5) is 65.2. The molecule has 13 nitrogen and oxygen atoms in total. The van der Waals surface area contributed by atoms with Crippen LogP contribution >= 0.6 is 0 Å². The van der Waals surface area contributed by atoms with Crippen molar-refractivity contribution in [1.82, 2.24) is 21.3 Å². The van der Waals surface area contributed by atoms with E-state index in [1.807, 2.05) is 36.4 Å². The first-order valence-electron chi connectivity index (χ1n) is 17.0. The number of methoxy groups -OCH3 is 1. The number of aliphatic hydroxyl groups excluding tert-OH is 1. The fraction of sp³-hybridized carbons (Fsp3) is 0.275. The highest BCUT2D eigenvalue weighted by atomic mass is 16.5. The molecule has 0 saturated heterocycles. The molecule has 53 heavy (non-hydrogen) atoms. The van der Waals surface area contributed by atoms with Crippen molar-refractivity contribution in [3.63, 3.8) is 0 Å². The minimum Gasteiger partial charge on any atom is -0.489 e. The second-order valence-electron chi connectivity index (χ2n) is 12.2. The number of amides is 4. The van der Waals surface area contributed by atoms with Gasteiger partial charge in [0, 0.05) is 12.8 Å². The molecule has 0 aliphatic heterocycles. The van der Waals surface area contributed by atoms with Crippen molar-refractivity contribution < 1.29 is 43.3 Å². The lowest BCUT2D eigenvalue weighted by Gasteiger charge is -2.26. The van der Waals surface area contributed by atoms with Gasteiger partial charge in [0.05, 0.1) is 13.2 Å². The Labute approximate surface area is 308 Å². The molecule has 4 aromatic carbocycles. The standard InChI is InChI=1S/C40H44N4O9/c1-27(45)36(39(49)51-2)44-38(48)34(23-29-18-20-32(21-19-29)52-25-30-14-8-4-9-15-30)43-37(47)33(22-28-12-6-3-7-13-28)42-35(46)24-41-40(50)53-26-31-16-10-5-11-17-31/h3-21,27,33-34,36,45H,22-26H2,1-2H3,(H,41,50)(H,42,46)(H,43,47)(H,44,48)/t27-,33-,34-,36+/m0/s1. The van der Waals surface area contributed by atoms with Gasteiger partial charge in [-0.25, -0.2) is 9.59 Å². The Morgan fingerprint density at radius 2 is 1.11 bits per heavy atom. The zero-order valence-electron chi connectivity index (χ0n) is 29.5. The van der Waals surface area contributed by atoms with Crippen LogP contribution in [0, 0.1) is 0 Å². The van der Waals surface area contributed by atoms with Crippen LogP contribution in [0.25, 0.3) is 0 Å². The summed E-state index contributed by atoms with van der Waals surface area (Å²) in [5.74, 6) is -2.44. The zero-order valence-corrected chi connectivity index (χ0v) is 29.5. The molecule has 4 atom stereocenters. The van der Waals surface area contributed by atoms with E-state index in [-0.39, 0.29) is 19.4 Å². The van der Waals surface area contributed by atoms with Crippen LogP contribution < -0.4 is 26.0 Å². The lowest BCUT2D eigenvalue weighted by molar-refractivity contribution is -0.148. The number of carbonyl (C=O) groups is 5. The lowest BCUT2D eigenvalue weighted by Crippen LogP contribution is -2.58. The minimum absolute atomic E-state index is 0.00607. The maximum absolute atomic E-state index is 13.9. The Hall–Kier alpha value is -6.21. The quantitative estimate of drug-likeness (QED) is 0.0965. The third-order valence-electron chi connectivity index (χ3n) is 8.02. The summed E-state index contributed by atoms with van der Waals surface area (Å²) in [6.45, 7) is 1.20. The van der Waals surface area contributed by atoms with Gasteiger partial charge in [0.2, 0.25) is 17.7 Å². The summed E-state index contributed by atoms with van der Waals surface area (Å²) < 4.78 is 15.8. The molecule has 0 fully saturated rings. The van der Waals surface area contributed by atoms with Crippen LogP contribution in [0.4, 0.5) is 4.79 Å². The van der Waals surface area contributed by atoms with Gasteiger partial charge in [-0.15, -0.1) is 0 Å². The molecule has 5 N–H and O–H groups in total. The Kier molecular flexibility index (Phi) is 15.4. The van der Waals surface area contributed by atoms with E-state index in [0.29, 0.717) is 17.9 Å². The molecule has 0 heterocycles. The van der Waals surface area contributed by atoms with Crippen molar-refractivity contribution >= 4 is 29.8 Å². The van der Waals surface area contributed by atoms with Gasteiger partial charge in [-0.05, 0) is 41.3 Å². The molecule has 0 radical (unpaired) electrons. The zero-order chi connectivity index (χ0) is 38.0. The fourth-order valence-electron chi connectivity index (χ4n) is 5.17. The maximum Gasteiger partial charge on any atom is 0.407 e. The SMILES string of the molecule is COC(=O)[C@H](NC(=O)[C@H](Cc1ccc(OCc2ccccc2)cc1)NC(=O)[C@H](Cc1ccccc1)NC(=O)CNC(=O)OCc1ccccc1)[C@H](C)O. The first kappa shape index (κ1) is 39.6. The van der Waals surface area contributed by atoms with Gasteiger partial charge >= 0.3 is 12.1 Å². The highest BCUT2D eigenvalue weighted by Gasteiger charge is 2.32. The molecule has 0 aromatic heterocycles. The summed E-state index contributed by atoms with van der Waals surface area (Å²) in [5, 5.41) is 20.4. The van der Waals surface area contributed by atoms with Gasteiger partial charge in [0.1, 0.15) is 37.6 Å². The molecule has 278 valence electrons. The van der Waals surface area contributed by atoms with Crippen LogP contribution in [0.1, 0.15) is 29.2 Å². The summed E-state index contributed by atoms with van der Waals surface area (Å²) in [5.41, 5.74) is 3.12. The van der Waals surface area contributed by atoms with Crippen LogP contribution in [0.15, 0.2) is 115 Å². The first-order valence-corrected chi connectivity index (χ1v) is 17.0. The largest absolute Gasteiger partial charge is 0.489 e. The van der Waals surface area contributed by atoms with Crippen molar-refractivity contribution in [3.8, 4) is 5.75 Å².